The third kappa shape index (κ3) is 2.92. The number of hydrogen-bond donors (Lipinski definition) is 2. The monoisotopic (exact) mass is 324 g/mol. The van der Waals surface area contributed by atoms with E-state index in [2.05, 4.69) is 10.4 Å². The fraction of sp³-hybridized carbons (Fsp3) is 0.231. The van der Waals surface area contributed by atoms with Crippen LogP contribution in [0.15, 0.2) is 34.0 Å². The van der Waals surface area contributed by atoms with Crippen molar-refractivity contribution in [3.8, 4) is 5.69 Å². The van der Waals surface area contributed by atoms with Gasteiger partial charge in [0, 0.05) is 7.05 Å². The Bertz CT molecular complexity index is 828. The molecule has 0 aliphatic rings. The van der Waals surface area contributed by atoms with Crippen molar-refractivity contribution in [2.45, 2.75) is 6.54 Å². The van der Waals surface area contributed by atoms with Gasteiger partial charge in [-0.1, -0.05) is 11.6 Å². The summed E-state index contributed by atoms with van der Waals surface area (Å²) in [6.45, 7) is -0.501. The average molecular weight is 325 g/mol. The van der Waals surface area contributed by atoms with E-state index in [4.69, 9.17) is 16.7 Å². The lowest BCUT2D eigenvalue weighted by Gasteiger charge is -2.10. The van der Waals surface area contributed by atoms with E-state index in [1.54, 1.807) is 0 Å². The number of amides is 1. The molecular formula is C13H13ClN4O4. The molecule has 2 aromatic rings. The first-order chi connectivity index (χ1) is 10.5. The van der Waals surface area contributed by atoms with Gasteiger partial charge in [0.2, 0.25) is 0 Å². The van der Waals surface area contributed by atoms with Crippen molar-refractivity contribution in [3.63, 3.8) is 0 Å². The van der Waals surface area contributed by atoms with Gasteiger partial charge in [-0.25, -0.2) is 4.79 Å². The molecular weight excluding hydrogens is 312 g/mol. The molecule has 9 heteroatoms. The van der Waals surface area contributed by atoms with Gasteiger partial charge in [0.05, 0.1) is 29.4 Å². The van der Waals surface area contributed by atoms with Crippen LogP contribution in [0.2, 0.25) is 5.02 Å². The molecule has 2 N–H and O–H groups in total. The lowest BCUT2D eigenvalue weighted by Crippen LogP contribution is -2.40. The normalized spacial score (nSPS) is 10.5. The van der Waals surface area contributed by atoms with Crippen molar-refractivity contribution < 1.29 is 9.90 Å². The highest BCUT2D eigenvalue weighted by Crippen LogP contribution is 2.18. The summed E-state index contributed by atoms with van der Waals surface area (Å²) in [5.41, 5.74) is -0.877. The van der Waals surface area contributed by atoms with E-state index in [0.717, 1.165) is 15.4 Å². The van der Waals surface area contributed by atoms with Crippen LogP contribution in [-0.4, -0.2) is 39.0 Å². The Morgan fingerprint density at radius 3 is 2.77 bits per heavy atom. The van der Waals surface area contributed by atoms with Gasteiger partial charge in [-0.3, -0.25) is 14.2 Å². The van der Waals surface area contributed by atoms with E-state index in [-0.39, 0.29) is 29.4 Å². The molecule has 0 radical (unpaired) electrons. The highest BCUT2D eigenvalue weighted by Gasteiger charge is 2.13. The number of nitrogens with one attached hydrogen (secondary N) is 1. The summed E-state index contributed by atoms with van der Waals surface area (Å²) in [4.78, 5) is 35.5. The van der Waals surface area contributed by atoms with Crippen LogP contribution in [-0.2, 0) is 6.54 Å². The maximum absolute atomic E-state index is 12.2. The number of rotatable bonds is 4. The summed E-state index contributed by atoms with van der Waals surface area (Å²) < 4.78 is 1.81. The van der Waals surface area contributed by atoms with Gasteiger partial charge in [-0.2, -0.15) is 9.78 Å². The predicted molar refractivity (Wildman–Crippen MR) is 79.6 cm³/mol. The fourth-order valence-corrected chi connectivity index (χ4v) is 2.07. The molecule has 0 saturated heterocycles. The first-order valence-electron chi connectivity index (χ1n) is 6.31. The zero-order chi connectivity index (χ0) is 16.3. The van der Waals surface area contributed by atoms with Crippen LogP contribution in [0, 0.1) is 0 Å². The number of aliphatic hydroxyl groups is 1. The number of benzene rings is 1. The molecule has 0 unspecified atom stereocenters. The molecule has 1 aromatic heterocycles. The summed E-state index contributed by atoms with van der Waals surface area (Å²) in [6, 6.07) is 4.34. The first-order valence-corrected chi connectivity index (χ1v) is 6.69. The summed E-state index contributed by atoms with van der Waals surface area (Å²) in [6.07, 6.45) is 0.964. The fourth-order valence-electron chi connectivity index (χ4n) is 1.87. The Morgan fingerprint density at radius 1 is 1.41 bits per heavy atom. The van der Waals surface area contributed by atoms with E-state index in [9.17, 15) is 14.4 Å². The summed E-state index contributed by atoms with van der Waals surface area (Å²) in [7, 11) is 1.46. The molecule has 0 aliphatic heterocycles. The molecule has 8 nitrogen and oxygen atoms in total. The molecule has 116 valence electrons. The Morgan fingerprint density at radius 2 is 2.14 bits per heavy atom. The van der Waals surface area contributed by atoms with Crippen molar-refractivity contribution >= 4 is 17.5 Å². The average Bonchev–Trinajstić information content (AvgIpc) is 2.51. The van der Waals surface area contributed by atoms with Gasteiger partial charge in [0.1, 0.15) is 6.20 Å². The quantitative estimate of drug-likeness (QED) is 0.781. The van der Waals surface area contributed by atoms with E-state index in [1.165, 1.54) is 25.2 Å². The molecule has 1 heterocycles. The maximum atomic E-state index is 12.2. The molecule has 0 aliphatic carbocycles. The molecule has 0 atom stereocenters. The molecule has 22 heavy (non-hydrogen) atoms. The van der Waals surface area contributed by atoms with E-state index in [0.29, 0.717) is 0 Å². The van der Waals surface area contributed by atoms with E-state index in [1.807, 2.05) is 0 Å². The summed E-state index contributed by atoms with van der Waals surface area (Å²) >= 11 is 5.95. The van der Waals surface area contributed by atoms with Gasteiger partial charge in [0.25, 0.3) is 11.5 Å². The zero-order valence-corrected chi connectivity index (χ0v) is 12.4. The Balaban J connectivity index is 2.63. The Labute approximate surface area is 129 Å². The van der Waals surface area contributed by atoms with Gasteiger partial charge in [0.15, 0.2) is 0 Å². The minimum absolute atomic E-state index is 0.143. The summed E-state index contributed by atoms with van der Waals surface area (Å²) in [5, 5.41) is 15.3. The van der Waals surface area contributed by atoms with Crippen LogP contribution in [0.4, 0.5) is 0 Å². The third-order valence-corrected chi connectivity index (χ3v) is 3.28. The van der Waals surface area contributed by atoms with Crippen LogP contribution < -0.4 is 16.6 Å². The largest absolute Gasteiger partial charge is 0.395 e. The number of aliphatic hydroxyl groups excluding tert-OH is 1. The Hall–Kier alpha value is -2.45. The highest BCUT2D eigenvalue weighted by molar-refractivity contribution is 6.33. The lowest BCUT2D eigenvalue weighted by atomic mass is 10.2. The van der Waals surface area contributed by atoms with Gasteiger partial charge >= 0.3 is 5.69 Å². The number of halogens is 1. The second-order valence-electron chi connectivity index (χ2n) is 4.30. The molecule has 1 aromatic carbocycles. The third-order valence-electron chi connectivity index (χ3n) is 2.95. The smallest absolute Gasteiger partial charge is 0.352 e. The van der Waals surface area contributed by atoms with Crippen LogP contribution in [0.1, 0.15) is 10.4 Å². The SMILES string of the molecule is CNC(=O)c1cc(-n2ncc(=O)n(CCO)c2=O)ccc1Cl. The molecule has 0 bridgehead atoms. The van der Waals surface area contributed by atoms with Crippen LogP contribution in [0.25, 0.3) is 5.69 Å². The van der Waals surface area contributed by atoms with Crippen LogP contribution in [0.3, 0.4) is 0 Å². The van der Waals surface area contributed by atoms with E-state index >= 15 is 0 Å². The zero-order valence-electron chi connectivity index (χ0n) is 11.6. The second kappa shape index (κ2) is 6.54. The van der Waals surface area contributed by atoms with Crippen molar-refractivity contribution in [2.24, 2.45) is 0 Å². The van der Waals surface area contributed by atoms with Gasteiger partial charge in [-0.05, 0) is 18.2 Å². The van der Waals surface area contributed by atoms with Crippen molar-refractivity contribution in [2.75, 3.05) is 13.7 Å². The molecule has 0 fully saturated rings. The molecule has 0 spiro atoms. The number of aromatic nitrogens is 3. The van der Waals surface area contributed by atoms with Crippen LogP contribution in [0.5, 0.6) is 0 Å². The number of carbonyl (C=O) groups excluding carboxylic acids is 1. The van der Waals surface area contributed by atoms with Crippen molar-refractivity contribution in [3.05, 3.63) is 55.8 Å². The topological polar surface area (TPSA) is 106 Å². The second-order valence-corrected chi connectivity index (χ2v) is 4.70. The highest BCUT2D eigenvalue weighted by atomic mass is 35.5. The van der Waals surface area contributed by atoms with Crippen molar-refractivity contribution in [1.82, 2.24) is 19.7 Å². The molecule has 0 saturated carbocycles. The van der Waals surface area contributed by atoms with Crippen molar-refractivity contribution in [1.29, 1.82) is 0 Å². The predicted octanol–water partition coefficient (Wildman–Crippen LogP) is -0.600. The number of carbonyl (C=O) groups is 1. The molecule has 2 rings (SSSR count). The lowest BCUT2D eigenvalue weighted by molar-refractivity contribution is 0.0963. The first kappa shape index (κ1) is 15.9. The number of nitrogens with zero attached hydrogens (tertiary/aromatic N) is 3. The molecule has 1 amide bonds. The van der Waals surface area contributed by atoms with E-state index < -0.39 is 17.2 Å². The minimum atomic E-state index is -0.716. The maximum Gasteiger partial charge on any atom is 0.352 e. The Kier molecular flexibility index (Phi) is 4.74. The van der Waals surface area contributed by atoms with Gasteiger partial charge in [-0.15, -0.1) is 0 Å². The summed E-state index contributed by atoms with van der Waals surface area (Å²) in [5.74, 6) is -0.413. The van der Waals surface area contributed by atoms with Gasteiger partial charge < -0.3 is 10.4 Å². The minimum Gasteiger partial charge on any atom is -0.395 e. The van der Waals surface area contributed by atoms with Crippen LogP contribution >= 0.6 is 11.6 Å². The number of hydrogen-bond acceptors (Lipinski definition) is 5. The standard InChI is InChI=1S/C13H13ClN4O4/c1-15-12(21)9-6-8(2-3-10(9)14)18-13(22)17(4-5-19)11(20)7-16-18/h2-3,6-7,19H,4-5H2,1H3,(H,15,21).